The van der Waals surface area contributed by atoms with Crippen molar-refractivity contribution in [1.82, 2.24) is 0 Å². The van der Waals surface area contributed by atoms with E-state index in [2.05, 4.69) is 16.4 Å². The van der Waals surface area contributed by atoms with Crippen molar-refractivity contribution in [3.05, 3.63) is 53.6 Å². The Morgan fingerprint density at radius 3 is 2.46 bits per heavy atom. The number of rotatable bonds is 6. The highest BCUT2D eigenvalue weighted by atomic mass is 127. The molecule has 0 aliphatic carbocycles. The lowest BCUT2D eigenvalue weighted by Crippen LogP contribution is -2.22. The molecule has 0 fully saturated rings. The molecule has 2 aromatic carbocycles. The van der Waals surface area contributed by atoms with E-state index in [4.69, 9.17) is 15.2 Å². The van der Waals surface area contributed by atoms with Crippen LogP contribution < -0.4 is 20.5 Å². The summed E-state index contributed by atoms with van der Waals surface area (Å²) in [7, 11) is 1.64. The maximum absolute atomic E-state index is 5.92. The quantitative estimate of drug-likeness (QED) is 0.405. The number of nitrogens with zero attached hydrogens (tertiary/aromatic N) is 1. The fourth-order valence-electron chi connectivity index (χ4n) is 2.17. The number of ether oxygens (including phenoxy) is 2. The van der Waals surface area contributed by atoms with Gasteiger partial charge in [-0.3, -0.25) is 0 Å². The minimum atomic E-state index is 0. The van der Waals surface area contributed by atoms with Crippen molar-refractivity contribution in [3.63, 3.8) is 0 Å². The van der Waals surface area contributed by atoms with Crippen molar-refractivity contribution in [1.29, 1.82) is 0 Å². The maximum atomic E-state index is 5.92. The number of guanidine groups is 1. The van der Waals surface area contributed by atoms with Gasteiger partial charge in [-0.25, -0.2) is 4.99 Å². The van der Waals surface area contributed by atoms with Crippen molar-refractivity contribution in [3.8, 4) is 11.5 Å². The molecule has 0 aliphatic rings. The van der Waals surface area contributed by atoms with Crippen molar-refractivity contribution >= 4 is 35.6 Å². The van der Waals surface area contributed by atoms with E-state index in [1.807, 2.05) is 50.2 Å². The highest BCUT2D eigenvalue weighted by Gasteiger charge is 2.01. The zero-order valence-electron chi connectivity index (χ0n) is 14.2. The molecule has 0 atom stereocenters. The van der Waals surface area contributed by atoms with E-state index in [1.165, 1.54) is 0 Å². The molecule has 6 heteroatoms. The zero-order chi connectivity index (χ0) is 16.7. The molecule has 0 aromatic heterocycles. The smallest absolute Gasteiger partial charge is 0.193 e. The number of aliphatic imine (C=N–C) groups is 1. The standard InChI is InChI=1S/C18H23N3O2.HI/c1-4-23-17-10-5-14(11-13(17)2)12-20-18(19)21-15-6-8-16(22-3)9-7-15;/h5-11H,4,12H2,1-3H3,(H3,19,20,21);1H. The van der Waals surface area contributed by atoms with Crippen LogP contribution in [0.25, 0.3) is 0 Å². The molecule has 0 amide bonds. The molecule has 130 valence electrons. The van der Waals surface area contributed by atoms with Gasteiger partial charge in [0.1, 0.15) is 11.5 Å². The van der Waals surface area contributed by atoms with Crippen LogP contribution in [0.5, 0.6) is 11.5 Å². The van der Waals surface area contributed by atoms with Crippen LogP contribution in [0.1, 0.15) is 18.1 Å². The summed E-state index contributed by atoms with van der Waals surface area (Å²) in [5, 5.41) is 3.06. The Kier molecular flexibility index (Phi) is 8.39. The average molecular weight is 441 g/mol. The summed E-state index contributed by atoms with van der Waals surface area (Å²) in [6.45, 7) is 5.18. The first-order valence-corrected chi connectivity index (χ1v) is 7.55. The number of benzene rings is 2. The van der Waals surface area contributed by atoms with Crippen molar-refractivity contribution in [2.24, 2.45) is 10.7 Å². The van der Waals surface area contributed by atoms with E-state index < -0.39 is 0 Å². The summed E-state index contributed by atoms with van der Waals surface area (Å²) < 4.78 is 10.7. The van der Waals surface area contributed by atoms with Gasteiger partial charge in [-0.15, -0.1) is 24.0 Å². The average Bonchev–Trinajstić information content (AvgIpc) is 2.56. The highest BCUT2D eigenvalue weighted by molar-refractivity contribution is 14.0. The van der Waals surface area contributed by atoms with Gasteiger partial charge in [0.05, 0.1) is 20.3 Å². The van der Waals surface area contributed by atoms with Crippen LogP contribution in [0.4, 0.5) is 5.69 Å². The number of hydrogen-bond acceptors (Lipinski definition) is 3. The number of hydrogen-bond donors (Lipinski definition) is 2. The van der Waals surface area contributed by atoms with Gasteiger partial charge in [-0.1, -0.05) is 12.1 Å². The molecule has 0 radical (unpaired) electrons. The van der Waals surface area contributed by atoms with Gasteiger partial charge < -0.3 is 20.5 Å². The zero-order valence-corrected chi connectivity index (χ0v) is 16.5. The van der Waals surface area contributed by atoms with Crippen LogP contribution in [0.3, 0.4) is 0 Å². The van der Waals surface area contributed by atoms with E-state index in [1.54, 1.807) is 7.11 Å². The van der Waals surface area contributed by atoms with Crippen molar-refractivity contribution < 1.29 is 9.47 Å². The Hall–Kier alpha value is -1.96. The molecule has 24 heavy (non-hydrogen) atoms. The van der Waals surface area contributed by atoms with Crippen LogP contribution in [-0.4, -0.2) is 19.7 Å². The lowest BCUT2D eigenvalue weighted by atomic mass is 10.1. The second-order valence-corrected chi connectivity index (χ2v) is 5.09. The summed E-state index contributed by atoms with van der Waals surface area (Å²) in [5.41, 5.74) is 8.98. The van der Waals surface area contributed by atoms with E-state index in [9.17, 15) is 0 Å². The number of nitrogens with two attached hydrogens (primary N) is 1. The number of anilines is 1. The largest absolute Gasteiger partial charge is 0.497 e. The lowest BCUT2D eigenvalue weighted by molar-refractivity contribution is 0.338. The van der Waals surface area contributed by atoms with Gasteiger partial charge in [0, 0.05) is 5.69 Å². The summed E-state index contributed by atoms with van der Waals surface area (Å²) >= 11 is 0. The topological polar surface area (TPSA) is 68.9 Å². The van der Waals surface area contributed by atoms with Gasteiger partial charge in [-0.05, 0) is 55.3 Å². The summed E-state index contributed by atoms with van der Waals surface area (Å²) in [4.78, 5) is 4.36. The summed E-state index contributed by atoms with van der Waals surface area (Å²) in [5.74, 6) is 2.09. The van der Waals surface area contributed by atoms with Crippen LogP contribution in [-0.2, 0) is 6.54 Å². The molecule has 0 unspecified atom stereocenters. The van der Waals surface area contributed by atoms with Gasteiger partial charge in [-0.2, -0.15) is 0 Å². The number of methoxy groups -OCH3 is 1. The maximum Gasteiger partial charge on any atom is 0.193 e. The molecular weight excluding hydrogens is 417 g/mol. The van der Waals surface area contributed by atoms with Gasteiger partial charge in [0.2, 0.25) is 0 Å². The van der Waals surface area contributed by atoms with Gasteiger partial charge >= 0.3 is 0 Å². The summed E-state index contributed by atoms with van der Waals surface area (Å²) in [6, 6.07) is 13.6. The molecule has 2 aromatic rings. The fourth-order valence-corrected chi connectivity index (χ4v) is 2.17. The van der Waals surface area contributed by atoms with Crippen LogP contribution >= 0.6 is 24.0 Å². The van der Waals surface area contributed by atoms with Crippen molar-refractivity contribution in [2.45, 2.75) is 20.4 Å². The Morgan fingerprint density at radius 1 is 1.17 bits per heavy atom. The minimum absolute atomic E-state index is 0. The molecule has 5 nitrogen and oxygen atoms in total. The SMILES string of the molecule is CCOc1ccc(CN=C(N)Nc2ccc(OC)cc2)cc1C.I. The predicted molar refractivity (Wildman–Crippen MR) is 110 cm³/mol. The first-order chi connectivity index (χ1) is 11.1. The van der Waals surface area contributed by atoms with Gasteiger partial charge in [0.25, 0.3) is 0 Å². The Bertz CT molecular complexity index is 672. The van der Waals surface area contributed by atoms with E-state index in [0.717, 1.165) is 28.3 Å². The number of aryl methyl sites for hydroxylation is 1. The molecule has 0 heterocycles. The normalized spacial score (nSPS) is 10.7. The van der Waals surface area contributed by atoms with Gasteiger partial charge in [0.15, 0.2) is 5.96 Å². The Labute approximate surface area is 160 Å². The van der Waals surface area contributed by atoms with Crippen LogP contribution in [0.2, 0.25) is 0 Å². The molecule has 0 saturated carbocycles. The Morgan fingerprint density at radius 2 is 1.88 bits per heavy atom. The number of nitrogens with one attached hydrogen (secondary N) is 1. The minimum Gasteiger partial charge on any atom is -0.497 e. The van der Waals surface area contributed by atoms with E-state index >= 15 is 0 Å². The first kappa shape index (κ1) is 20.1. The third-order valence-electron chi connectivity index (χ3n) is 3.33. The second kappa shape index (κ2) is 10.0. The second-order valence-electron chi connectivity index (χ2n) is 5.09. The molecule has 0 bridgehead atoms. The third kappa shape index (κ3) is 5.92. The monoisotopic (exact) mass is 441 g/mol. The lowest BCUT2D eigenvalue weighted by Gasteiger charge is -2.09. The predicted octanol–water partition coefficient (Wildman–Crippen LogP) is 3.95. The molecule has 0 aliphatic heterocycles. The Balaban J connectivity index is 0.00000288. The molecule has 0 saturated heterocycles. The summed E-state index contributed by atoms with van der Waals surface area (Å²) in [6.07, 6.45) is 0. The van der Waals surface area contributed by atoms with E-state index in [0.29, 0.717) is 19.1 Å². The molecule has 0 spiro atoms. The molecular formula is C18H24IN3O2. The highest BCUT2D eigenvalue weighted by Crippen LogP contribution is 2.19. The molecule has 3 N–H and O–H groups in total. The van der Waals surface area contributed by atoms with Crippen LogP contribution in [0, 0.1) is 6.92 Å². The van der Waals surface area contributed by atoms with E-state index in [-0.39, 0.29) is 24.0 Å². The molecule has 2 rings (SSSR count). The number of halogens is 1. The first-order valence-electron chi connectivity index (χ1n) is 7.55. The third-order valence-corrected chi connectivity index (χ3v) is 3.33. The fraction of sp³-hybridized carbons (Fsp3) is 0.278. The van der Waals surface area contributed by atoms with Crippen LogP contribution in [0.15, 0.2) is 47.5 Å². The van der Waals surface area contributed by atoms with Crippen molar-refractivity contribution in [2.75, 3.05) is 19.0 Å².